The van der Waals surface area contributed by atoms with Gasteiger partial charge in [-0.1, -0.05) is 41.9 Å². The zero-order valence-electron chi connectivity index (χ0n) is 16.0. The summed E-state index contributed by atoms with van der Waals surface area (Å²) >= 11 is 6.08. The third kappa shape index (κ3) is 4.17. The van der Waals surface area contributed by atoms with Crippen LogP contribution in [0.4, 0.5) is 19.0 Å². The van der Waals surface area contributed by atoms with Crippen molar-refractivity contribution in [3.63, 3.8) is 0 Å². The number of rotatable bonds is 4. The first-order chi connectivity index (χ1) is 14.7. The van der Waals surface area contributed by atoms with E-state index in [4.69, 9.17) is 11.6 Å². The molecular weight excluding hydrogens is 431 g/mol. The van der Waals surface area contributed by atoms with Gasteiger partial charge in [0.2, 0.25) is 0 Å². The van der Waals surface area contributed by atoms with E-state index in [0.29, 0.717) is 11.4 Å². The normalized spacial score (nSPS) is 11.5. The van der Waals surface area contributed by atoms with Crippen molar-refractivity contribution in [1.82, 2.24) is 20.0 Å². The number of anilines is 1. The number of alkyl halides is 3. The first-order valence-electron chi connectivity index (χ1n) is 9.05. The molecule has 158 valence electrons. The minimum atomic E-state index is -4.67. The number of H-pyrrole nitrogens is 1. The molecule has 0 radical (unpaired) electrons. The van der Waals surface area contributed by atoms with Crippen molar-refractivity contribution >= 4 is 23.3 Å². The minimum Gasteiger partial charge on any atom is -0.306 e. The number of aryl methyl sites for hydroxylation is 1. The van der Waals surface area contributed by atoms with Crippen LogP contribution in [0.3, 0.4) is 0 Å². The van der Waals surface area contributed by atoms with E-state index in [0.717, 1.165) is 17.7 Å². The molecule has 2 aromatic heterocycles. The predicted molar refractivity (Wildman–Crippen MR) is 111 cm³/mol. The molecular formula is C21H15ClF3N5O. The van der Waals surface area contributed by atoms with Gasteiger partial charge >= 0.3 is 6.18 Å². The maximum atomic E-state index is 13.6. The summed E-state index contributed by atoms with van der Waals surface area (Å²) in [5.74, 6) is -0.385. The molecule has 31 heavy (non-hydrogen) atoms. The van der Waals surface area contributed by atoms with Crippen LogP contribution < -0.4 is 5.32 Å². The number of carbonyl (C=O) groups is 1. The largest absolute Gasteiger partial charge is 0.417 e. The van der Waals surface area contributed by atoms with Gasteiger partial charge in [0.1, 0.15) is 5.82 Å². The fourth-order valence-corrected chi connectivity index (χ4v) is 3.40. The van der Waals surface area contributed by atoms with E-state index in [9.17, 15) is 18.0 Å². The van der Waals surface area contributed by atoms with E-state index in [1.54, 1.807) is 13.2 Å². The lowest BCUT2D eigenvalue weighted by Gasteiger charge is -2.15. The average Bonchev–Trinajstić information content (AvgIpc) is 3.36. The topological polar surface area (TPSA) is 75.6 Å². The molecule has 6 nitrogen and oxygen atoms in total. The van der Waals surface area contributed by atoms with E-state index < -0.39 is 17.6 Å². The van der Waals surface area contributed by atoms with Crippen molar-refractivity contribution in [1.29, 1.82) is 0 Å². The Balaban J connectivity index is 1.74. The highest BCUT2D eigenvalue weighted by Crippen LogP contribution is 2.39. The maximum Gasteiger partial charge on any atom is 0.417 e. The highest BCUT2D eigenvalue weighted by Gasteiger charge is 2.36. The molecule has 0 spiro atoms. The number of halogens is 4. The van der Waals surface area contributed by atoms with Crippen molar-refractivity contribution in [3.05, 3.63) is 77.1 Å². The number of carbonyl (C=O) groups excluding carboxylic acids is 1. The summed E-state index contributed by atoms with van der Waals surface area (Å²) in [5, 5.41) is 13.0. The lowest BCUT2D eigenvalue weighted by Crippen LogP contribution is -2.16. The Morgan fingerprint density at radius 1 is 1.13 bits per heavy atom. The molecule has 2 N–H and O–H groups in total. The van der Waals surface area contributed by atoms with Gasteiger partial charge in [0.05, 0.1) is 28.0 Å². The highest BCUT2D eigenvalue weighted by molar-refractivity contribution is 6.34. The van der Waals surface area contributed by atoms with Crippen LogP contribution in [0.25, 0.3) is 22.4 Å². The highest BCUT2D eigenvalue weighted by atomic mass is 35.5. The first-order valence-corrected chi connectivity index (χ1v) is 9.42. The Morgan fingerprint density at radius 2 is 1.87 bits per heavy atom. The molecule has 4 aromatic rings. The number of hydrogen-bond donors (Lipinski definition) is 2. The molecule has 0 fully saturated rings. The number of aromatic nitrogens is 4. The molecule has 0 aliphatic carbocycles. The zero-order chi connectivity index (χ0) is 22.2. The number of benzene rings is 2. The van der Waals surface area contributed by atoms with Crippen molar-refractivity contribution in [2.24, 2.45) is 7.05 Å². The van der Waals surface area contributed by atoms with E-state index in [1.165, 1.54) is 16.9 Å². The van der Waals surface area contributed by atoms with Gasteiger partial charge in [-0.3, -0.25) is 14.6 Å². The number of hydrogen-bond acceptors (Lipinski definition) is 3. The molecule has 10 heteroatoms. The zero-order valence-corrected chi connectivity index (χ0v) is 16.8. The third-order valence-corrected chi connectivity index (χ3v) is 4.92. The second kappa shape index (κ2) is 7.92. The summed E-state index contributed by atoms with van der Waals surface area (Å²) in [6, 6.07) is 12.5. The Morgan fingerprint density at radius 3 is 2.52 bits per heavy atom. The average molecular weight is 446 g/mol. The Hall–Kier alpha value is -3.59. The summed E-state index contributed by atoms with van der Waals surface area (Å²) in [5.41, 5.74) is 0.173. The molecule has 2 aromatic carbocycles. The van der Waals surface area contributed by atoms with Crippen LogP contribution in [-0.4, -0.2) is 25.9 Å². The summed E-state index contributed by atoms with van der Waals surface area (Å²) in [6.07, 6.45) is -1.62. The van der Waals surface area contributed by atoms with E-state index in [2.05, 4.69) is 20.6 Å². The molecule has 0 aliphatic heterocycles. The van der Waals surface area contributed by atoms with Crippen molar-refractivity contribution in [2.75, 3.05) is 5.32 Å². The maximum absolute atomic E-state index is 13.6. The van der Waals surface area contributed by atoms with Crippen LogP contribution in [0.1, 0.15) is 15.9 Å². The van der Waals surface area contributed by atoms with Crippen LogP contribution >= 0.6 is 11.6 Å². The van der Waals surface area contributed by atoms with Crippen molar-refractivity contribution in [2.45, 2.75) is 6.18 Å². The fraction of sp³-hybridized carbons (Fsp3) is 0.0952. The number of nitrogens with one attached hydrogen (secondary N) is 2. The number of aromatic amines is 1. The van der Waals surface area contributed by atoms with Crippen molar-refractivity contribution in [3.8, 4) is 22.4 Å². The molecule has 1 amide bonds. The van der Waals surface area contributed by atoms with Gasteiger partial charge in [0.15, 0.2) is 0 Å². The number of nitrogens with zero attached hydrogens (tertiary/aromatic N) is 3. The quantitative estimate of drug-likeness (QED) is 0.441. The summed E-state index contributed by atoms with van der Waals surface area (Å²) in [4.78, 5) is 12.9. The van der Waals surface area contributed by atoms with Crippen LogP contribution in [-0.2, 0) is 13.2 Å². The summed E-state index contributed by atoms with van der Waals surface area (Å²) in [7, 11) is 1.59. The second-order valence-corrected chi connectivity index (χ2v) is 7.14. The predicted octanol–water partition coefficient (Wildman–Crippen LogP) is 5.40. The van der Waals surface area contributed by atoms with E-state index >= 15 is 0 Å². The molecule has 0 saturated heterocycles. The van der Waals surface area contributed by atoms with Gasteiger partial charge < -0.3 is 5.32 Å². The first kappa shape index (κ1) is 20.7. The van der Waals surface area contributed by atoms with E-state index in [1.807, 2.05) is 30.3 Å². The van der Waals surface area contributed by atoms with Crippen LogP contribution in [0.2, 0.25) is 5.02 Å². The monoisotopic (exact) mass is 445 g/mol. The summed E-state index contributed by atoms with van der Waals surface area (Å²) < 4.78 is 42.2. The molecule has 0 unspecified atom stereocenters. The second-order valence-electron chi connectivity index (χ2n) is 6.73. The SMILES string of the molecule is Cn1ccc(-c2cc(C(=O)Nc3[nH]ncc3-c3ccccc3)c(Cl)cc2C(F)(F)F)n1. The van der Waals surface area contributed by atoms with Gasteiger partial charge in [0, 0.05) is 24.4 Å². The van der Waals surface area contributed by atoms with Gasteiger partial charge in [-0.25, -0.2) is 0 Å². The van der Waals surface area contributed by atoms with Gasteiger partial charge in [-0.15, -0.1) is 0 Å². The molecule has 0 atom stereocenters. The molecule has 0 bridgehead atoms. The van der Waals surface area contributed by atoms with Crippen molar-refractivity contribution < 1.29 is 18.0 Å². The van der Waals surface area contributed by atoms with Gasteiger partial charge in [-0.05, 0) is 23.8 Å². The molecule has 2 heterocycles. The van der Waals surface area contributed by atoms with Gasteiger partial charge in [0.25, 0.3) is 5.91 Å². The Kier molecular flexibility index (Phi) is 5.28. The van der Waals surface area contributed by atoms with Crippen LogP contribution in [0.5, 0.6) is 0 Å². The molecule has 0 aliphatic rings. The summed E-state index contributed by atoms with van der Waals surface area (Å²) in [6.45, 7) is 0. The standard InChI is InChI=1S/C21H15ClF3N5O/c1-30-8-7-18(29-30)13-9-14(17(22)10-16(13)21(23,24)25)20(31)27-19-15(11-26-28-19)12-5-3-2-4-6-12/h2-11H,1H3,(H2,26,27,28,31). The van der Waals surface area contributed by atoms with Gasteiger partial charge in [-0.2, -0.15) is 23.4 Å². The minimum absolute atomic E-state index is 0.0760. The third-order valence-electron chi connectivity index (χ3n) is 4.61. The van der Waals surface area contributed by atoms with Crippen LogP contribution in [0.15, 0.2) is 60.9 Å². The molecule has 0 saturated carbocycles. The smallest absolute Gasteiger partial charge is 0.306 e. The lowest BCUT2D eigenvalue weighted by atomic mass is 10.00. The van der Waals surface area contributed by atoms with Crippen LogP contribution in [0, 0.1) is 0 Å². The Labute approximate surface area is 179 Å². The number of amides is 1. The Bertz CT molecular complexity index is 1250. The lowest BCUT2D eigenvalue weighted by molar-refractivity contribution is -0.137. The molecule has 4 rings (SSSR count). The van der Waals surface area contributed by atoms with E-state index in [-0.39, 0.29) is 21.8 Å². The fourth-order valence-electron chi connectivity index (χ4n) is 3.15.